The van der Waals surface area contributed by atoms with Crippen molar-refractivity contribution in [2.75, 3.05) is 0 Å². The van der Waals surface area contributed by atoms with Gasteiger partial charge in [0.05, 0.1) is 11.4 Å². The summed E-state index contributed by atoms with van der Waals surface area (Å²) < 4.78 is 0. The van der Waals surface area contributed by atoms with Crippen LogP contribution in [-0.4, -0.2) is 9.97 Å². The van der Waals surface area contributed by atoms with Gasteiger partial charge in [-0.25, -0.2) is 9.97 Å². The van der Waals surface area contributed by atoms with Crippen molar-refractivity contribution in [3.05, 3.63) is 169 Å². The van der Waals surface area contributed by atoms with Crippen LogP contribution < -0.4 is 0 Å². The summed E-state index contributed by atoms with van der Waals surface area (Å²) in [7, 11) is 0. The largest absolute Gasteiger partial charge is 0.228 e. The molecule has 0 saturated heterocycles. The van der Waals surface area contributed by atoms with Crippen molar-refractivity contribution in [3.63, 3.8) is 0 Å². The molecule has 2 nitrogen and oxygen atoms in total. The van der Waals surface area contributed by atoms with E-state index in [1.54, 1.807) is 0 Å². The molecule has 10 rings (SSSR count). The van der Waals surface area contributed by atoms with Crippen LogP contribution in [0.1, 0.15) is 25.0 Å². The molecule has 0 unspecified atom stereocenters. The maximum absolute atomic E-state index is 5.28. The topological polar surface area (TPSA) is 25.8 Å². The van der Waals surface area contributed by atoms with Crippen LogP contribution in [0.2, 0.25) is 0 Å². The molecule has 230 valence electrons. The first-order chi connectivity index (χ1) is 24.0. The molecule has 0 spiro atoms. The lowest BCUT2D eigenvalue weighted by molar-refractivity contribution is 0.660. The van der Waals surface area contributed by atoms with Crippen LogP contribution >= 0.6 is 0 Å². The number of hydrogen-bond donors (Lipinski definition) is 0. The molecule has 49 heavy (non-hydrogen) atoms. The zero-order chi connectivity index (χ0) is 32.7. The highest BCUT2D eigenvalue weighted by Crippen LogP contribution is 2.49. The Morgan fingerprint density at radius 2 is 0.857 bits per heavy atom. The van der Waals surface area contributed by atoms with Crippen LogP contribution in [0.4, 0.5) is 0 Å². The third-order valence-corrected chi connectivity index (χ3v) is 10.6. The average molecular weight is 625 g/mol. The van der Waals surface area contributed by atoms with E-state index in [-0.39, 0.29) is 5.41 Å². The third kappa shape index (κ3) is 4.34. The van der Waals surface area contributed by atoms with E-state index in [0.717, 1.165) is 33.9 Å². The predicted molar refractivity (Wildman–Crippen MR) is 206 cm³/mol. The van der Waals surface area contributed by atoms with Gasteiger partial charge in [0.25, 0.3) is 0 Å². The van der Waals surface area contributed by atoms with Crippen LogP contribution in [-0.2, 0) is 5.41 Å². The minimum Gasteiger partial charge on any atom is -0.228 e. The van der Waals surface area contributed by atoms with Crippen LogP contribution in [0, 0.1) is 0 Å². The Labute approximate surface area is 285 Å². The monoisotopic (exact) mass is 624 g/mol. The molecule has 0 amide bonds. The Morgan fingerprint density at radius 3 is 1.49 bits per heavy atom. The van der Waals surface area contributed by atoms with E-state index in [1.807, 2.05) is 0 Å². The minimum atomic E-state index is -0.107. The number of aromatic nitrogens is 2. The Hall–Kier alpha value is -6.12. The molecule has 2 heteroatoms. The first kappa shape index (κ1) is 27.9. The molecule has 1 aliphatic carbocycles. The second-order valence-corrected chi connectivity index (χ2v) is 13.8. The van der Waals surface area contributed by atoms with Gasteiger partial charge in [-0.15, -0.1) is 0 Å². The molecule has 0 atom stereocenters. The van der Waals surface area contributed by atoms with Crippen molar-refractivity contribution in [3.8, 4) is 45.0 Å². The zero-order valence-electron chi connectivity index (χ0n) is 27.4. The van der Waals surface area contributed by atoms with E-state index in [0.29, 0.717) is 0 Å². The standard InChI is InChI=1S/C47H32N2/c1-47(2)42-14-8-7-13-40(42)41-24-21-35(27-43(41)47)46-48-44(33-19-22-38-31(25-33)17-15-29-9-3-5-11-36(29)38)28-45(49-46)34-20-23-39-32(26-34)18-16-30-10-4-6-12-37(30)39/h3-28H,1-2H3. The van der Waals surface area contributed by atoms with Gasteiger partial charge in [0.2, 0.25) is 0 Å². The van der Waals surface area contributed by atoms with E-state index in [2.05, 4.69) is 172 Å². The summed E-state index contributed by atoms with van der Waals surface area (Å²) in [4.78, 5) is 10.6. The number of benzene rings is 8. The number of fused-ring (bicyclic) bond motifs is 9. The highest BCUT2D eigenvalue weighted by Gasteiger charge is 2.35. The molecule has 0 saturated carbocycles. The second-order valence-electron chi connectivity index (χ2n) is 13.8. The number of rotatable bonds is 3. The molecule has 1 aliphatic rings. The molecule has 0 aliphatic heterocycles. The smallest absolute Gasteiger partial charge is 0.160 e. The lowest BCUT2D eigenvalue weighted by Gasteiger charge is -2.22. The number of hydrogen-bond acceptors (Lipinski definition) is 2. The van der Waals surface area contributed by atoms with Gasteiger partial charge in [0, 0.05) is 22.1 Å². The lowest BCUT2D eigenvalue weighted by atomic mass is 9.82. The van der Waals surface area contributed by atoms with Gasteiger partial charge in [0.15, 0.2) is 5.82 Å². The minimum absolute atomic E-state index is 0.107. The van der Waals surface area contributed by atoms with Crippen molar-refractivity contribution in [1.82, 2.24) is 9.97 Å². The Balaban J connectivity index is 1.17. The molecule has 8 aromatic carbocycles. The molecule has 9 aromatic rings. The SMILES string of the molecule is CC1(C)c2ccccc2-c2ccc(-c3nc(-c4ccc5c(ccc6ccccc65)c4)cc(-c4ccc5c(ccc6ccccc65)c4)n3)cc21. The molecule has 0 bridgehead atoms. The van der Waals surface area contributed by atoms with E-state index >= 15 is 0 Å². The molecular formula is C47H32N2. The molecule has 0 fully saturated rings. The summed E-state index contributed by atoms with van der Waals surface area (Å²) in [5, 5.41) is 9.93. The molecule has 0 N–H and O–H groups in total. The second kappa shape index (κ2) is 10.4. The van der Waals surface area contributed by atoms with Crippen molar-refractivity contribution < 1.29 is 0 Å². The van der Waals surface area contributed by atoms with Gasteiger partial charge in [0.1, 0.15) is 0 Å². The van der Waals surface area contributed by atoms with Crippen molar-refractivity contribution in [2.24, 2.45) is 0 Å². The van der Waals surface area contributed by atoms with E-state index in [1.165, 1.54) is 65.3 Å². The van der Waals surface area contributed by atoms with Crippen molar-refractivity contribution in [2.45, 2.75) is 19.3 Å². The highest BCUT2D eigenvalue weighted by molar-refractivity contribution is 6.09. The average Bonchev–Trinajstić information content (AvgIpc) is 3.39. The molecule has 1 heterocycles. The van der Waals surface area contributed by atoms with Crippen LogP contribution in [0.25, 0.3) is 88.1 Å². The van der Waals surface area contributed by atoms with Gasteiger partial charge in [-0.2, -0.15) is 0 Å². The van der Waals surface area contributed by atoms with Crippen molar-refractivity contribution >= 4 is 43.1 Å². The molecule has 0 radical (unpaired) electrons. The van der Waals surface area contributed by atoms with Crippen molar-refractivity contribution in [1.29, 1.82) is 0 Å². The Morgan fingerprint density at radius 1 is 0.367 bits per heavy atom. The maximum atomic E-state index is 5.28. The van der Waals surface area contributed by atoms with Gasteiger partial charge in [-0.1, -0.05) is 147 Å². The summed E-state index contributed by atoms with van der Waals surface area (Å²) in [5.41, 5.74) is 10.2. The van der Waals surface area contributed by atoms with Crippen LogP contribution in [0.15, 0.2) is 158 Å². The highest BCUT2D eigenvalue weighted by atomic mass is 14.9. The van der Waals surface area contributed by atoms with E-state index in [9.17, 15) is 0 Å². The van der Waals surface area contributed by atoms with Gasteiger partial charge >= 0.3 is 0 Å². The quantitative estimate of drug-likeness (QED) is 0.183. The third-order valence-electron chi connectivity index (χ3n) is 10.6. The summed E-state index contributed by atoms with van der Waals surface area (Å²) in [6.07, 6.45) is 0. The van der Waals surface area contributed by atoms with Gasteiger partial charge < -0.3 is 0 Å². The fraction of sp³-hybridized carbons (Fsp3) is 0.0638. The van der Waals surface area contributed by atoms with E-state index in [4.69, 9.17) is 9.97 Å². The summed E-state index contributed by atoms with van der Waals surface area (Å²) in [6, 6.07) is 57.2. The molecule has 1 aromatic heterocycles. The first-order valence-electron chi connectivity index (χ1n) is 17.0. The summed E-state index contributed by atoms with van der Waals surface area (Å²) in [6.45, 7) is 4.64. The number of nitrogens with zero attached hydrogens (tertiary/aromatic N) is 2. The predicted octanol–water partition coefficient (Wildman–Crippen LogP) is 12.4. The Bertz CT molecular complexity index is 2670. The summed E-state index contributed by atoms with van der Waals surface area (Å²) in [5.74, 6) is 0.735. The van der Waals surface area contributed by atoms with Crippen LogP contribution in [0.3, 0.4) is 0 Å². The van der Waals surface area contributed by atoms with Gasteiger partial charge in [-0.05, 0) is 89.6 Å². The first-order valence-corrected chi connectivity index (χ1v) is 17.0. The molecular weight excluding hydrogens is 593 g/mol. The fourth-order valence-electron chi connectivity index (χ4n) is 8.06. The van der Waals surface area contributed by atoms with Gasteiger partial charge in [-0.3, -0.25) is 0 Å². The van der Waals surface area contributed by atoms with Crippen LogP contribution in [0.5, 0.6) is 0 Å². The van der Waals surface area contributed by atoms with E-state index < -0.39 is 0 Å². The normalized spacial score (nSPS) is 13.3. The maximum Gasteiger partial charge on any atom is 0.160 e. The summed E-state index contributed by atoms with van der Waals surface area (Å²) >= 11 is 0. The Kier molecular flexibility index (Phi) is 5.95. The lowest BCUT2D eigenvalue weighted by Crippen LogP contribution is -2.15. The fourth-order valence-corrected chi connectivity index (χ4v) is 8.06. The zero-order valence-corrected chi connectivity index (χ0v) is 27.4.